The van der Waals surface area contributed by atoms with Gasteiger partial charge in [0.05, 0.1) is 50.6 Å². The van der Waals surface area contributed by atoms with Gasteiger partial charge >= 0.3 is 36.1 Å². The minimum Gasteiger partial charge on any atom is -0.467 e. The molecule has 1 unspecified atom stereocenters. The summed E-state index contributed by atoms with van der Waals surface area (Å²) in [7, 11) is 1.01. The van der Waals surface area contributed by atoms with Gasteiger partial charge in [-0.05, 0) is 50.6 Å². The molecule has 0 aromatic heterocycles. The highest BCUT2D eigenvalue weighted by molar-refractivity contribution is 5.97. The summed E-state index contributed by atoms with van der Waals surface area (Å²) < 4.78 is 59.0. The number of hydrogen-bond donors (Lipinski definition) is 2. The molecule has 1 fully saturated rings. The predicted octanol–water partition coefficient (Wildman–Crippen LogP) is 2.60. The molecule has 1 heterocycles. The average molecular weight is 896 g/mol. The first-order valence-corrected chi connectivity index (χ1v) is 19.0. The summed E-state index contributed by atoms with van der Waals surface area (Å²) in [6.45, 7) is 8.03. The van der Waals surface area contributed by atoms with Crippen LogP contribution in [-0.4, -0.2) is 130 Å². The van der Waals surface area contributed by atoms with Gasteiger partial charge in [0, 0.05) is 39.4 Å². The second-order valence-corrected chi connectivity index (χ2v) is 13.9. The Balaban J connectivity index is 1.77. The molecule has 346 valence electrons. The zero-order chi connectivity index (χ0) is 46.7. The van der Waals surface area contributed by atoms with Crippen LogP contribution in [0.25, 0.3) is 0 Å². The molecule has 3 rings (SSSR count). The summed E-state index contributed by atoms with van der Waals surface area (Å²) in [6.07, 6.45) is -10.6. The number of amides is 2. The number of carbonyl (C=O) groups is 7. The highest BCUT2D eigenvalue weighted by Gasteiger charge is 2.56. The van der Waals surface area contributed by atoms with Gasteiger partial charge in [-0.15, -0.1) is 0 Å². The van der Waals surface area contributed by atoms with E-state index < -0.39 is 89.9 Å². The van der Waals surface area contributed by atoms with Crippen molar-refractivity contribution < 1.29 is 95.4 Å². The number of nitrogens with one attached hydrogen (secondary N) is 2. The number of hydrogen-bond acceptors (Lipinski definition) is 21. The van der Waals surface area contributed by atoms with Gasteiger partial charge in [0.15, 0.2) is 18.3 Å². The third-order valence-corrected chi connectivity index (χ3v) is 7.76. The van der Waals surface area contributed by atoms with Gasteiger partial charge in [0.2, 0.25) is 12.4 Å². The molecule has 1 aliphatic heterocycles. The van der Waals surface area contributed by atoms with Crippen LogP contribution in [0.3, 0.4) is 0 Å². The van der Waals surface area contributed by atoms with Crippen LogP contribution in [0.5, 0.6) is 11.5 Å². The molecule has 1 aliphatic rings. The summed E-state index contributed by atoms with van der Waals surface area (Å²) in [5, 5.41) is 13.6. The lowest BCUT2D eigenvalue weighted by atomic mass is 9.97. The van der Waals surface area contributed by atoms with Crippen molar-refractivity contribution in [1.29, 1.82) is 0 Å². The van der Waals surface area contributed by atoms with Crippen LogP contribution in [0, 0.1) is 10.1 Å². The Morgan fingerprint density at radius 3 is 2.00 bits per heavy atom. The third-order valence-electron chi connectivity index (χ3n) is 7.76. The van der Waals surface area contributed by atoms with Crippen molar-refractivity contribution in [3.63, 3.8) is 0 Å². The van der Waals surface area contributed by atoms with Crippen molar-refractivity contribution >= 4 is 47.7 Å². The Labute approximate surface area is 360 Å². The molecule has 5 atom stereocenters. The molecule has 0 radical (unpaired) electrons. The molecule has 0 spiro atoms. The number of non-ortho nitro benzene ring substituents is 1. The summed E-state index contributed by atoms with van der Waals surface area (Å²) in [5.74, 6) is -4.92. The fourth-order valence-electron chi connectivity index (χ4n) is 5.31. The van der Waals surface area contributed by atoms with Gasteiger partial charge in [-0.1, -0.05) is 6.07 Å². The van der Waals surface area contributed by atoms with Crippen molar-refractivity contribution in [2.24, 2.45) is 0 Å². The van der Waals surface area contributed by atoms with Crippen LogP contribution >= 0.6 is 0 Å². The molecule has 2 N–H and O–H groups in total. The number of ether oxygens (including phenoxy) is 11. The van der Waals surface area contributed by atoms with E-state index >= 15 is 0 Å². The fraction of sp³-hybridized carbons (Fsp3) is 0.513. The Morgan fingerprint density at radius 2 is 1.40 bits per heavy atom. The van der Waals surface area contributed by atoms with Crippen molar-refractivity contribution in [2.45, 2.75) is 84.5 Å². The van der Waals surface area contributed by atoms with Gasteiger partial charge in [-0.25, -0.2) is 14.4 Å². The Kier molecular flexibility index (Phi) is 19.9. The fourth-order valence-corrected chi connectivity index (χ4v) is 5.31. The number of methoxy groups -OCH3 is 1. The maximum atomic E-state index is 13.7. The first-order valence-electron chi connectivity index (χ1n) is 19.0. The largest absolute Gasteiger partial charge is 0.514 e. The Hall–Kier alpha value is -6.63. The first-order chi connectivity index (χ1) is 29.8. The molecule has 0 bridgehead atoms. The maximum Gasteiger partial charge on any atom is 0.514 e. The van der Waals surface area contributed by atoms with Crippen molar-refractivity contribution in [3.8, 4) is 11.5 Å². The number of nitro groups is 1. The van der Waals surface area contributed by atoms with Crippen molar-refractivity contribution in [1.82, 2.24) is 10.8 Å². The number of rotatable bonds is 21. The lowest BCUT2D eigenvalue weighted by Crippen LogP contribution is -2.64. The van der Waals surface area contributed by atoms with Gasteiger partial charge in [-0.2, -0.15) is 5.48 Å². The van der Waals surface area contributed by atoms with Gasteiger partial charge in [-0.3, -0.25) is 34.1 Å². The summed E-state index contributed by atoms with van der Waals surface area (Å²) in [4.78, 5) is 103. The molecule has 24 heteroatoms. The minimum atomic E-state index is -1.82. The highest BCUT2D eigenvalue weighted by Crippen LogP contribution is 2.33. The molecule has 63 heavy (non-hydrogen) atoms. The van der Waals surface area contributed by atoms with Crippen LogP contribution in [-0.2, 0) is 73.3 Å². The van der Waals surface area contributed by atoms with E-state index in [1.54, 1.807) is 20.8 Å². The van der Waals surface area contributed by atoms with Crippen molar-refractivity contribution in [2.75, 3.05) is 46.7 Å². The van der Waals surface area contributed by atoms with Gasteiger partial charge < -0.3 is 57.4 Å². The normalized spacial score (nSPS) is 18.1. The van der Waals surface area contributed by atoms with Crippen LogP contribution < -0.4 is 20.3 Å². The molecule has 2 aromatic carbocycles. The third kappa shape index (κ3) is 17.7. The highest BCUT2D eigenvalue weighted by atomic mass is 16.7. The zero-order valence-corrected chi connectivity index (χ0v) is 35.4. The molecule has 1 saturated heterocycles. The molecule has 0 saturated carbocycles. The quantitative estimate of drug-likeness (QED) is 0.0454. The SMILES string of the molecule is COC(=O)[C@H]1OC(Oc2ccc(COC(=O)Oc3ccc([N+](=O)[O-])cc3)cc2C(=O)NCCOCCOCCONC(=O)OC(C)(C)C)[C@H](OC(C)=O)[C@@H](OC(C)=O)[C@@H]1OC(C)=O. The number of esters is 4. The number of nitrogens with zero attached hydrogens (tertiary/aromatic N) is 1. The molecule has 2 aromatic rings. The molecular weight excluding hydrogens is 846 g/mol. The van der Waals surface area contributed by atoms with E-state index in [1.165, 1.54) is 30.3 Å². The number of nitro benzene ring substituents is 1. The van der Waals surface area contributed by atoms with E-state index in [4.69, 9.17) is 56.9 Å². The first kappa shape index (κ1) is 50.7. The number of hydroxylamine groups is 1. The van der Waals surface area contributed by atoms with Crippen LogP contribution in [0.4, 0.5) is 15.3 Å². The van der Waals surface area contributed by atoms with E-state index in [0.29, 0.717) is 0 Å². The second kappa shape index (κ2) is 24.7. The second-order valence-electron chi connectivity index (χ2n) is 13.9. The van der Waals surface area contributed by atoms with E-state index in [1.807, 2.05) is 0 Å². The smallest absolute Gasteiger partial charge is 0.467 e. The minimum absolute atomic E-state index is 0.00193. The Bertz CT molecular complexity index is 1920. The number of carbonyl (C=O) groups excluding carboxylic acids is 7. The maximum absolute atomic E-state index is 13.7. The molecular formula is C39H49N3O21. The van der Waals surface area contributed by atoms with E-state index in [-0.39, 0.29) is 67.9 Å². The van der Waals surface area contributed by atoms with Crippen LogP contribution in [0.2, 0.25) is 0 Å². The molecule has 0 aliphatic carbocycles. The van der Waals surface area contributed by atoms with E-state index in [9.17, 15) is 43.7 Å². The van der Waals surface area contributed by atoms with Gasteiger partial charge in [0.25, 0.3) is 11.6 Å². The van der Waals surface area contributed by atoms with Crippen molar-refractivity contribution in [3.05, 3.63) is 63.7 Å². The summed E-state index contributed by atoms with van der Waals surface area (Å²) in [6, 6.07) is 8.53. The van der Waals surface area contributed by atoms with E-state index in [0.717, 1.165) is 40.0 Å². The number of benzene rings is 2. The van der Waals surface area contributed by atoms with Crippen LogP contribution in [0.1, 0.15) is 57.5 Å². The summed E-state index contributed by atoms with van der Waals surface area (Å²) >= 11 is 0. The molecule has 24 nitrogen and oxygen atoms in total. The summed E-state index contributed by atoms with van der Waals surface area (Å²) in [5.41, 5.74) is 1.20. The lowest BCUT2D eigenvalue weighted by Gasteiger charge is -2.43. The standard InChI is InChI=1S/C39H49N3O21/c1-22(43)57-30-31(58-23(2)44)33(59-24(3)45)36(62-32(30)35(47)52-7)61-29-13-8-25(21-55-38(49)60-27-11-9-26(10-12-27)42(50)51)20-28(29)34(46)40-14-15-53-16-17-54-18-19-56-41-37(48)63-39(4,5)6/h8-13,20,30-33,36H,14-19,21H2,1-7H3,(H,40,46)(H,41,48)/t30-,31-,32-,33+,36?/m0/s1. The van der Waals surface area contributed by atoms with Gasteiger partial charge in [0.1, 0.15) is 23.7 Å². The topological polar surface area (TPSA) is 297 Å². The predicted molar refractivity (Wildman–Crippen MR) is 208 cm³/mol. The zero-order valence-electron chi connectivity index (χ0n) is 35.4. The lowest BCUT2D eigenvalue weighted by molar-refractivity contribution is -0.384. The average Bonchev–Trinajstić information content (AvgIpc) is 3.20. The van der Waals surface area contributed by atoms with E-state index in [2.05, 4.69) is 10.8 Å². The molecule has 2 amide bonds. The Morgan fingerprint density at radius 1 is 0.794 bits per heavy atom. The monoisotopic (exact) mass is 895 g/mol. The van der Waals surface area contributed by atoms with Crippen LogP contribution in [0.15, 0.2) is 42.5 Å².